The van der Waals surface area contributed by atoms with E-state index in [-0.39, 0.29) is 5.91 Å². The summed E-state index contributed by atoms with van der Waals surface area (Å²) >= 11 is 3.38. The number of hydrogen-bond acceptors (Lipinski definition) is 3. The predicted molar refractivity (Wildman–Crippen MR) is 90.9 cm³/mol. The van der Waals surface area contributed by atoms with Crippen LogP contribution in [0.3, 0.4) is 0 Å². The van der Waals surface area contributed by atoms with Crippen molar-refractivity contribution in [3.05, 3.63) is 52.5 Å². The second-order valence-electron chi connectivity index (χ2n) is 4.49. The molecule has 2 rings (SSSR count). The zero-order valence-electron chi connectivity index (χ0n) is 12.6. The standard InChI is InChI=1S/C17H18BrNO3/c1-3-21-15-9-8-12(10-16(15)22-4-2)17(20)19-14-7-5-6-13(18)11-14/h5-11H,3-4H2,1-2H3,(H,19,20). The maximum Gasteiger partial charge on any atom is 0.255 e. The number of carbonyl (C=O) groups is 1. The van der Waals surface area contributed by atoms with Crippen molar-refractivity contribution < 1.29 is 14.3 Å². The fourth-order valence-electron chi connectivity index (χ4n) is 1.96. The molecule has 5 heteroatoms. The van der Waals surface area contributed by atoms with Gasteiger partial charge in [0, 0.05) is 15.7 Å². The molecule has 0 saturated carbocycles. The first-order chi connectivity index (χ1) is 10.6. The molecule has 0 saturated heterocycles. The molecule has 0 aromatic heterocycles. The normalized spacial score (nSPS) is 10.1. The highest BCUT2D eigenvalue weighted by Crippen LogP contribution is 2.29. The molecule has 2 aromatic rings. The Balaban J connectivity index is 2.20. The molecular formula is C17H18BrNO3. The van der Waals surface area contributed by atoms with E-state index < -0.39 is 0 Å². The van der Waals surface area contributed by atoms with Gasteiger partial charge in [0.05, 0.1) is 13.2 Å². The first-order valence-corrected chi connectivity index (χ1v) is 7.90. The van der Waals surface area contributed by atoms with Crippen molar-refractivity contribution in [2.75, 3.05) is 18.5 Å². The highest BCUT2D eigenvalue weighted by Gasteiger charge is 2.12. The van der Waals surface area contributed by atoms with Crippen LogP contribution in [0.25, 0.3) is 0 Å². The predicted octanol–water partition coefficient (Wildman–Crippen LogP) is 4.50. The summed E-state index contributed by atoms with van der Waals surface area (Å²) in [7, 11) is 0. The SMILES string of the molecule is CCOc1ccc(C(=O)Nc2cccc(Br)c2)cc1OCC. The van der Waals surface area contributed by atoms with Gasteiger partial charge in [-0.25, -0.2) is 0 Å². The number of nitrogens with one attached hydrogen (secondary N) is 1. The number of amides is 1. The molecule has 0 aliphatic rings. The van der Waals surface area contributed by atoms with Crippen molar-refractivity contribution >= 4 is 27.5 Å². The quantitative estimate of drug-likeness (QED) is 0.821. The monoisotopic (exact) mass is 363 g/mol. The molecule has 0 heterocycles. The molecule has 0 radical (unpaired) electrons. The molecule has 0 aliphatic heterocycles. The lowest BCUT2D eigenvalue weighted by Crippen LogP contribution is -2.12. The molecule has 4 nitrogen and oxygen atoms in total. The van der Waals surface area contributed by atoms with Crippen LogP contribution in [0.15, 0.2) is 46.9 Å². The van der Waals surface area contributed by atoms with E-state index in [1.807, 2.05) is 38.1 Å². The number of ether oxygens (including phenoxy) is 2. The lowest BCUT2D eigenvalue weighted by Gasteiger charge is -2.12. The van der Waals surface area contributed by atoms with Crippen molar-refractivity contribution in [1.82, 2.24) is 0 Å². The van der Waals surface area contributed by atoms with Crippen LogP contribution in [0.2, 0.25) is 0 Å². The minimum Gasteiger partial charge on any atom is -0.490 e. The molecule has 1 amide bonds. The number of rotatable bonds is 6. The third kappa shape index (κ3) is 4.24. The van der Waals surface area contributed by atoms with Gasteiger partial charge in [0.2, 0.25) is 0 Å². The van der Waals surface area contributed by atoms with E-state index >= 15 is 0 Å². The third-order valence-electron chi connectivity index (χ3n) is 2.89. The van der Waals surface area contributed by atoms with Gasteiger partial charge in [-0.15, -0.1) is 0 Å². The fourth-order valence-corrected chi connectivity index (χ4v) is 2.36. The minimum atomic E-state index is -0.192. The van der Waals surface area contributed by atoms with E-state index in [0.717, 1.165) is 10.2 Å². The zero-order chi connectivity index (χ0) is 15.9. The Labute approximate surface area is 138 Å². The maximum absolute atomic E-state index is 12.3. The van der Waals surface area contributed by atoms with E-state index in [0.29, 0.717) is 30.3 Å². The van der Waals surface area contributed by atoms with Crippen LogP contribution in [0.5, 0.6) is 11.5 Å². The largest absolute Gasteiger partial charge is 0.490 e. The summed E-state index contributed by atoms with van der Waals surface area (Å²) in [5.74, 6) is 1.02. The van der Waals surface area contributed by atoms with Gasteiger partial charge in [0.1, 0.15) is 0 Å². The Morgan fingerprint density at radius 2 is 1.77 bits per heavy atom. The van der Waals surface area contributed by atoms with Crippen LogP contribution >= 0.6 is 15.9 Å². The average Bonchev–Trinajstić information content (AvgIpc) is 2.49. The van der Waals surface area contributed by atoms with E-state index in [2.05, 4.69) is 21.2 Å². The summed E-state index contributed by atoms with van der Waals surface area (Å²) in [5, 5.41) is 2.85. The van der Waals surface area contributed by atoms with Gasteiger partial charge < -0.3 is 14.8 Å². The Hall–Kier alpha value is -2.01. The van der Waals surface area contributed by atoms with Crippen LogP contribution in [-0.2, 0) is 0 Å². The zero-order valence-corrected chi connectivity index (χ0v) is 14.1. The second kappa shape index (κ2) is 7.84. The molecule has 0 spiro atoms. The van der Waals surface area contributed by atoms with Crippen LogP contribution < -0.4 is 14.8 Å². The highest BCUT2D eigenvalue weighted by molar-refractivity contribution is 9.10. The molecule has 0 fully saturated rings. The van der Waals surface area contributed by atoms with Crippen LogP contribution in [0.4, 0.5) is 5.69 Å². The van der Waals surface area contributed by atoms with Gasteiger partial charge in [-0.05, 0) is 50.2 Å². The number of hydrogen-bond donors (Lipinski definition) is 1. The number of carbonyl (C=O) groups excluding carboxylic acids is 1. The van der Waals surface area contributed by atoms with Crippen molar-refractivity contribution in [2.45, 2.75) is 13.8 Å². The van der Waals surface area contributed by atoms with Crippen molar-refractivity contribution in [3.63, 3.8) is 0 Å². The molecule has 1 N–H and O–H groups in total. The summed E-state index contributed by atoms with van der Waals surface area (Å²) in [4.78, 5) is 12.3. The van der Waals surface area contributed by atoms with E-state index in [1.54, 1.807) is 18.2 Å². The smallest absolute Gasteiger partial charge is 0.255 e. The van der Waals surface area contributed by atoms with E-state index in [4.69, 9.17) is 9.47 Å². The Morgan fingerprint density at radius 3 is 2.45 bits per heavy atom. The molecule has 0 bridgehead atoms. The minimum absolute atomic E-state index is 0.192. The summed E-state index contributed by atoms with van der Waals surface area (Å²) in [6.07, 6.45) is 0. The van der Waals surface area contributed by atoms with Gasteiger partial charge in [0.25, 0.3) is 5.91 Å². The van der Waals surface area contributed by atoms with Crippen LogP contribution in [0, 0.1) is 0 Å². The first kappa shape index (κ1) is 16.4. The highest BCUT2D eigenvalue weighted by atomic mass is 79.9. The number of anilines is 1. The van der Waals surface area contributed by atoms with Gasteiger partial charge in [-0.2, -0.15) is 0 Å². The fraction of sp³-hybridized carbons (Fsp3) is 0.235. The lowest BCUT2D eigenvalue weighted by molar-refractivity contribution is 0.102. The van der Waals surface area contributed by atoms with Crippen LogP contribution in [-0.4, -0.2) is 19.1 Å². The second-order valence-corrected chi connectivity index (χ2v) is 5.41. The molecular weight excluding hydrogens is 346 g/mol. The molecule has 0 aliphatic carbocycles. The van der Waals surface area contributed by atoms with Gasteiger partial charge in [0.15, 0.2) is 11.5 Å². The summed E-state index contributed by atoms with van der Waals surface area (Å²) in [6, 6.07) is 12.6. The van der Waals surface area contributed by atoms with Gasteiger partial charge in [-0.3, -0.25) is 4.79 Å². The molecule has 0 unspecified atom stereocenters. The third-order valence-corrected chi connectivity index (χ3v) is 3.38. The van der Waals surface area contributed by atoms with Crippen molar-refractivity contribution in [1.29, 1.82) is 0 Å². The van der Waals surface area contributed by atoms with Gasteiger partial charge in [-0.1, -0.05) is 22.0 Å². The topological polar surface area (TPSA) is 47.6 Å². The molecule has 0 atom stereocenters. The molecule has 116 valence electrons. The summed E-state index contributed by atoms with van der Waals surface area (Å²) < 4.78 is 11.9. The van der Waals surface area contributed by atoms with Crippen molar-refractivity contribution in [2.24, 2.45) is 0 Å². The first-order valence-electron chi connectivity index (χ1n) is 7.10. The van der Waals surface area contributed by atoms with E-state index in [1.165, 1.54) is 0 Å². The number of halogens is 1. The van der Waals surface area contributed by atoms with Crippen molar-refractivity contribution in [3.8, 4) is 11.5 Å². The molecule has 2 aromatic carbocycles. The Kier molecular flexibility index (Phi) is 5.83. The average molecular weight is 364 g/mol. The van der Waals surface area contributed by atoms with Crippen LogP contribution in [0.1, 0.15) is 24.2 Å². The maximum atomic E-state index is 12.3. The number of benzene rings is 2. The van der Waals surface area contributed by atoms with Gasteiger partial charge >= 0.3 is 0 Å². The lowest BCUT2D eigenvalue weighted by atomic mass is 10.2. The summed E-state index contributed by atoms with van der Waals surface area (Å²) in [6.45, 7) is 4.86. The molecule has 22 heavy (non-hydrogen) atoms. The Bertz CT molecular complexity index is 658. The van der Waals surface area contributed by atoms with E-state index in [9.17, 15) is 4.79 Å². The summed E-state index contributed by atoms with van der Waals surface area (Å²) in [5.41, 5.74) is 1.25. The Morgan fingerprint density at radius 1 is 1.05 bits per heavy atom.